The lowest BCUT2D eigenvalue weighted by atomic mass is 9.84. The van der Waals surface area contributed by atoms with Gasteiger partial charge in [-0.25, -0.2) is 8.42 Å². The number of ketones is 1. The van der Waals surface area contributed by atoms with E-state index < -0.39 is 20.6 Å². The third-order valence-electron chi connectivity index (χ3n) is 3.14. The average molecular weight is 259 g/mol. The van der Waals surface area contributed by atoms with Crippen LogP contribution in [0.25, 0.3) is 0 Å². The number of hydrogen-bond acceptors (Lipinski definition) is 5. The summed E-state index contributed by atoms with van der Waals surface area (Å²) in [6.45, 7) is 3.01. The van der Waals surface area contributed by atoms with Crippen molar-refractivity contribution in [2.45, 2.75) is 35.3 Å². The van der Waals surface area contributed by atoms with Crippen LogP contribution in [0.5, 0.6) is 0 Å². The first-order valence-electron chi connectivity index (χ1n) is 4.92. The molecule has 2 heterocycles. The first kappa shape index (κ1) is 11.8. The number of thiophene rings is 1. The zero-order chi connectivity index (χ0) is 12.1. The molecule has 4 nitrogen and oxygen atoms in total. The van der Waals surface area contributed by atoms with Gasteiger partial charge in [0.25, 0.3) is 0 Å². The minimum absolute atomic E-state index is 0.161. The minimum Gasteiger partial charge on any atom is -0.315 e. The molecule has 16 heavy (non-hydrogen) atoms. The molecule has 6 heteroatoms. The molecule has 0 amide bonds. The van der Waals surface area contributed by atoms with Crippen LogP contribution >= 0.6 is 11.3 Å². The Morgan fingerprint density at radius 2 is 2.25 bits per heavy atom. The van der Waals surface area contributed by atoms with E-state index in [9.17, 15) is 13.2 Å². The van der Waals surface area contributed by atoms with Crippen molar-refractivity contribution < 1.29 is 13.2 Å². The quantitative estimate of drug-likeness (QED) is 0.818. The number of carbonyl (C=O) groups excluding carboxylic acids is 1. The number of rotatable bonds is 1. The summed E-state index contributed by atoms with van der Waals surface area (Å²) < 4.78 is 24.3. The molecule has 2 rings (SSSR count). The predicted octanol–water partition coefficient (Wildman–Crippen LogP) is 1.06. The van der Waals surface area contributed by atoms with Crippen LogP contribution in [0, 0.1) is 0 Å². The zero-order valence-electron chi connectivity index (χ0n) is 9.06. The summed E-state index contributed by atoms with van der Waals surface area (Å²) in [7, 11) is -3.30. The van der Waals surface area contributed by atoms with Gasteiger partial charge in [0.2, 0.25) is 0 Å². The lowest BCUT2D eigenvalue weighted by molar-refractivity contribution is -0.122. The number of fused-ring (bicyclic) bond motifs is 1. The Morgan fingerprint density at radius 1 is 1.62 bits per heavy atom. The molecule has 88 valence electrons. The van der Waals surface area contributed by atoms with Gasteiger partial charge in [-0.3, -0.25) is 4.79 Å². The molecule has 2 unspecified atom stereocenters. The fourth-order valence-corrected chi connectivity index (χ4v) is 5.34. The normalized spacial score (nSPS) is 32.1. The van der Waals surface area contributed by atoms with Crippen molar-refractivity contribution in [2.75, 3.05) is 0 Å². The third-order valence-corrected chi connectivity index (χ3v) is 6.79. The van der Waals surface area contributed by atoms with Crippen molar-refractivity contribution in [3.8, 4) is 0 Å². The van der Waals surface area contributed by atoms with E-state index in [2.05, 4.69) is 0 Å². The largest absolute Gasteiger partial charge is 0.315 e. The summed E-state index contributed by atoms with van der Waals surface area (Å²) in [5.41, 5.74) is 5.38. The molecule has 0 aliphatic carbocycles. The maximum absolute atomic E-state index is 12.0. The van der Waals surface area contributed by atoms with Gasteiger partial charge in [-0.15, -0.1) is 11.3 Å². The van der Waals surface area contributed by atoms with Crippen LogP contribution in [0.2, 0.25) is 0 Å². The standard InChI is InChI=1S/C10H13NO3S2/c1-6-5-10(11,7(2)12)8-3-4-15-9(8)16(6,13)14/h3-4,6H,5,11H2,1-2H3. The molecule has 1 aromatic rings. The van der Waals surface area contributed by atoms with Gasteiger partial charge in [0.1, 0.15) is 9.75 Å². The number of carbonyl (C=O) groups is 1. The molecule has 0 bridgehead atoms. The Kier molecular flexibility index (Phi) is 2.49. The van der Waals surface area contributed by atoms with Gasteiger partial charge in [-0.05, 0) is 31.7 Å². The molecule has 1 aliphatic rings. The second-order valence-electron chi connectivity index (χ2n) is 4.21. The summed E-state index contributed by atoms with van der Waals surface area (Å²) in [5.74, 6) is -0.186. The van der Waals surface area contributed by atoms with Crippen LogP contribution in [-0.4, -0.2) is 19.5 Å². The van der Waals surface area contributed by atoms with Crippen LogP contribution in [0.15, 0.2) is 15.7 Å². The summed E-state index contributed by atoms with van der Waals surface area (Å²) >= 11 is 1.14. The second-order valence-corrected chi connectivity index (χ2v) is 7.69. The molecule has 0 spiro atoms. The van der Waals surface area contributed by atoms with E-state index in [1.54, 1.807) is 18.4 Å². The predicted molar refractivity (Wildman–Crippen MR) is 62.1 cm³/mol. The van der Waals surface area contributed by atoms with Crippen LogP contribution in [0.3, 0.4) is 0 Å². The van der Waals surface area contributed by atoms with Crippen molar-refractivity contribution in [3.63, 3.8) is 0 Å². The van der Waals surface area contributed by atoms with Gasteiger partial charge < -0.3 is 5.73 Å². The van der Waals surface area contributed by atoms with E-state index in [1.807, 2.05) is 0 Å². The van der Waals surface area contributed by atoms with E-state index in [-0.39, 0.29) is 16.4 Å². The van der Waals surface area contributed by atoms with E-state index >= 15 is 0 Å². The smallest absolute Gasteiger partial charge is 0.190 e. The summed E-state index contributed by atoms with van der Waals surface area (Å²) in [4.78, 5) is 11.6. The van der Waals surface area contributed by atoms with Gasteiger partial charge in [0.05, 0.1) is 5.25 Å². The molecule has 0 saturated heterocycles. The monoisotopic (exact) mass is 259 g/mol. The Bertz CT molecular complexity index is 546. The highest BCUT2D eigenvalue weighted by molar-refractivity contribution is 7.94. The fourth-order valence-electron chi connectivity index (χ4n) is 2.04. The highest BCUT2D eigenvalue weighted by Crippen LogP contribution is 2.42. The van der Waals surface area contributed by atoms with Crippen LogP contribution in [-0.2, 0) is 20.2 Å². The Hall–Kier alpha value is -0.720. The molecular weight excluding hydrogens is 246 g/mol. The van der Waals surface area contributed by atoms with Crippen molar-refractivity contribution in [1.82, 2.24) is 0 Å². The first-order valence-corrected chi connectivity index (χ1v) is 7.34. The van der Waals surface area contributed by atoms with Gasteiger partial charge >= 0.3 is 0 Å². The second kappa shape index (κ2) is 3.38. The highest BCUT2D eigenvalue weighted by atomic mass is 32.2. The molecule has 1 aliphatic heterocycles. The molecule has 0 radical (unpaired) electrons. The molecule has 0 fully saturated rings. The maximum Gasteiger partial charge on any atom is 0.190 e. The summed E-state index contributed by atoms with van der Waals surface area (Å²) in [6, 6.07) is 1.64. The number of Topliss-reactive ketones (excluding diaryl/α,β-unsaturated/α-hetero) is 1. The summed E-state index contributed by atoms with van der Waals surface area (Å²) in [5, 5.41) is 1.07. The van der Waals surface area contributed by atoms with Gasteiger partial charge in [0, 0.05) is 5.56 Å². The molecule has 2 N–H and O–H groups in total. The van der Waals surface area contributed by atoms with Crippen molar-refractivity contribution in [3.05, 3.63) is 17.0 Å². The topological polar surface area (TPSA) is 77.2 Å². The van der Waals surface area contributed by atoms with Crippen LogP contribution in [0.4, 0.5) is 0 Å². The number of hydrogen-bond donors (Lipinski definition) is 1. The van der Waals surface area contributed by atoms with E-state index in [0.717, 1.165) is 11.3 Å². The van der Waals surface area contributed by atoms with Gasteiger partial charge in [-0.2, -0.15) is 0 Å². The Labute approximate surface area is 98.4 Å². The lowest BCUT2D eigenvalue weighted by Gasteiger charge is -2.34. The SMILES string of the molecule is CC(=O)C1(N)CC(C)S(=O)(=O)c2sccc21. The highest BCUT2D eigenvalue weighted by Gasteiger charge is 2.47. The zero-order valence-corrected chi connectivity index (χ0v) is 10.7. The van der Waals surface area contributed by atoms with Crippen molar-refractivity contribution >= 4 is 27.0 Å². The fraction of sp³-hybridized carbons (Fsp3) is 0.500. The average Bonchev–Trinajstić information content (AvgIpc) is 2.64. The van der Waals surface area contributed by atoms with E-state index in [4.69, 9.17) is 5.73 Å². The van der Waals surface area contributed by atoms with Crippen molar-refractivity contribution in [1.29, 1.82) is 0 Å². The third kappa shape index (κ3) is 1.37. The van der Waals surface area contributed by atoms with E-state index in [0.29, 0.717) is 5.56 Å². The minimum atomic E-state index is -3.30. The van der Waals surface area contributed by atoms with Gasteiger partial charge in [-0.1, -0.05) is 0 Å². The first-order chi connectivity index (χ1) is 7.30. The van der Waals surface area contributed by atoms with Crippen molar-refractivity contribution in [2.24, 2.45) is 5.73 Å². The molecular formula is C10H13NO3S2. The summed E-state index contributed by atoms with van der Waals surface area (Å²) in [6.07, 6.45) is 0.161. The van der Waals surface area contributed by atoms with Crippen LogP contribution < -0.4 is 5.73 Å². The molecule has 0 saturated carbocycles. The molecule has 1 aromatic heterocycles. The maximum atomic E-state index is 12.0. The molecule has 2 atom stereocenters. The Balaban J connectivity index is 2.73. The number of sulfone groups is 1. The van der Waals surface area contributed by atoms with Gasteiger partial charge in [0.15, 0.2) is 15.6 Å². The Morgan fingerprint density at radius 3 is 2.81 bits per heavy atom. The van der Waals surface area contributed by atoms with Crippen LogP contribution in [0.1, 0.15) is 25.8 Å². The molecule has 0 aromatic carbocycles. The van der Waals surface area contributed by atoms with E-state index in [1.165, 1.54) is 6.92 Å². The lowest BCUT2D eigenvalue weighted by Crippen LogP contribution is -2.50. The number of nitrogens with two attached hydrogens (primary N) is 1.